The number of ether oxygens (including phenoxy) is 2. The van der Waals surface area contributed by atoms with E-state index in [2.05, 4.69) is 6.92 Å². The number of esters is 1. The normalized spacial score (nSPS) is 12.0. The van der Waals surface area contributed by atoms with E-state index in [0.29, 0.717) is 6.42 Å². The van der Waals surface area contributed by atoms with Gasteiger partial charge in [-0.05, 0) is 13.3 Å². The summed E-state index contributed by atoms with van der Waals surface area (Å²) < 4.78 is 10.2. The van der Waals surface area contributed by atoms with Crippen LogP contribution in [0.15, 0.2) is 0 Å². The molecule has 1 unspecified atom stereocenters. The molecule has 0 rings (SSSR count). The molecule has 0 saturated heterocycles. The third-order valence-electron chi connectivity index (χ3n) is 4.97. The van der Waals surface area contributed by atoms with Crippen LogP contribution in [0.2, 0.25) is 0 Å². The minimum absolute atomic E-state index is 0.0171. The SMILES string of the molecule is CCCCCCCCCCCCCCC(OC)C(=O)CCOC(=O)CC(C)=O. The van der Waals surface area contributed by atoms with E-state index in [-0.39, 0.29) is 31.0 Å². The Morgan fingerprint density at radius 1 is 0.786 bits per heavy atom. The summed E-state index contributed by atoms with van der Waals surface area (Å²) in [5, 5.41) is 0. The predicted octanol–water partition coefficient (Wildman–Crippen LogP) is 5.57. The van der Waals surface area contributed by atoms with E-state index in [0.717, 1.165) is 12.8 Å². The van der Waals surface area contributed by atoms with E-state index in [4.69, 9.17) is 9.47 Å². The van der Waals surface area contributed by atoms with Crippen molar-refractivity contribution < 1.29 is 23.9 Å². The van der Waals surface area contributed by atoms with Crippen molar-refractivity contribution in [2.75, 3.05) is 13.7 Å². The molecule has 0 aliphatic rings. The molecule has 0 aliphatic heterocycles. The minimum atomic E-state index is -0.574. The average molecular weight is 399 g/mol. The summed E-state index contributed by atoms with van der Waals surface area (Å²) in [6, 6.07) is 0. The second-order valence-electron chi connectivity index (χ2n) is 7.72. The highest BCUT2D eigenvalue weighted by Gasteiger charge is 2.17. The zero-order valence-electron chi connectivity index (χ0n) is 18.4. The Bertz CT molecular complexity index is 419. The fourth-order valence-corrected chi connectivity index (χ4v) is 3.26. The molecular formula is C23H42O5. The number of Topliss-reactive ketones (excluding diaryl/α,β-unsaturated/α-hetero) is 2. The Morgan fingerprint density at radius 2 is 1.29 bits per heavy atom. The third-order valence-corrected chi connectivity index (χ3v) is 4.97. The highest BCUT2D eigenvalue weighted by atomic mass is 16.5. The van der Waals surface area contributed by atoms with Crippen LogP contribution in [-0.2, 0) is 23.9 Å². The van der Waals surface area contributed by atoms with Gasteiger partial charge in [0, 0.05) is 13.5 Å². The first-order valence-corrected chi connectivity index (χ1v) is 11.2. The maximum atomic E-state index is 12.1. The Hall–Kier alpha value is -1.23. The first kappa shape index (κ1) is 26.8. The van der Waals surface area contributed by atoms with Crippen LogP contribution < -0.4 is 0 Å². The molecule has 0 amide bonds. The van der Waals surface area contributed by atoms with Gasteiger partial charge < -0.3 is 9.47 Å². The van der Waals surface area contributed by atoms with Crippen LogP contribution in [0.4, 0.5) is 0 Å². The quantitative estimate of drug-likeness (QED) is 0.152. The van der Waals surface area contributed by atoms with Crippen molar-refractivity contribution in [2.24, 2.45) is 0 Å². The number of ketones is 2. The Labute approximate surface area is 171 Å². The molecule has 0 radical (unpaired) electrons. The molecule has 0 aromatic heterocycles. The maximum Gasteiger partial charge on any atom is 0.313 e. The van der Waals surface area contributed by atoms with Gasteiger partial charge in [0.2, 0.25) is 0 Å². The molecule has 0 N–H and O–H groups in total. The summed E-state index contributed by atoms with van der Waals surface area (Å²) in [5.41, 5.74) is 0. The molecule has 1 atom stereocenters. The lowest BCUT2D eigenvalue weighted by Crippen LogP contribution is -2.24. The van der Waals surface area contributed by atoms with Crippen LogP contribution in [0, 0.1) is 0 Å². The van der Waals surface area contributed by atoms with E-state index in [9.17, 15) is 14.4 Å². The van der Waals surface area contributed by atoms with Crippen molar-refractivity contribution in [3.05, 3.63) is 0 Å². The molecule has 164 valence electrons. The van der Waals surface area contributed by atoms with Gasteiger partial charge in [-0.2, -0.15) is 0 Å². The molecule has 28 heavy (non-hydrogen) atoms. The van der Waals surface area contributed by atoms with Crippen LogP contribution in [0.1, 0.15) is 110 Å². The highest BCUT2D eigenvalue weighted by molar-refractivity contribution is 5.94. The van der Waals surface area contributed by atoms with Crippen LogP contribution in [0.3, 0.4) is 0 Å². The standard InChI is InChI=1S/C23H42O5/c1-4-5-6-7-8-9-10-11-12-13-14-15-16-22(27-3)21(25)17-18-28-23(26)19-20(2)24/h22H,4-19H2,1-3H3. The average Bonchev–Trinajstić information content (AvgIpc) is 2.65. The molecule has 0 aromatic rings. The lowest BCUT2D eigenvalue weighted by Gasteiger charge is -2.14. The molecule has 0 saturated carbocycles. The maximum absolute atomic E-state index is 12.1. The largest absolute Gasteiger partial charge is 0.465 e. The topological polar surface area (TPSA) is 69.7 Å². The number of hydrogen-bond donors (Lipinski definition) is 0. The molecular weight excluding hydrogens is 356 g/mol. The van der Waals surface area contributed by atoms with Gasteiger partial charge in [0.1, 0.15) is 18.3 Å². The number of unbranched alkanes of at least 4 members (excludes halogenated alkanes) is 11. The van der Waals surface area contributed by atoms with Gasteiger partial charge in [-0.15, -0.1) is 0 Å². The molecule has 5 heteroatoms. The van der Waals surface area contributed by atoms with Crippen molar-refractivity contribution in [2.45, 2.75) is 116 Å². The highest BCUT2D eigenvalue weighted by Crippen LogP contribution is 2.14. The van der Waals surface area contributed by atoms with Gasteiger partial charge >= 0.3 is 5.97 Å². The van der Waals surface area contributed by atoms with Crippen molar-refractivity contribution in [3.8, 4) is 0 Å². The number of rotatable bonds is 20. The Morgan fingerprint density at radius 3 is 1.75 bits per heavy atom. The first-order chi connectivity index (χ1) is 13.5. The monoisotopic (exact) mass is 398 g/mol. The van der Waals surface area contributed by atoms with Crippen LogP contribution in [0.5, 0.6) is 0 Å². The summed E-state index contributed by atoms with van der Waals surface area (Å²) in [4.78, 5) is 34.2. The first-order valence-electron chi connectivity index (χ1n) is 11.2. The summed E-state index contributed by atoms with van der Waals surface area (Å²) in [6.07, 6.45) is 15.6. The zero-order valence-corrected chi connectivity index (χ0v) is 18.4. The van der Waals surface area contributed by atoms with E-state index < -0.39 is 12.1 Å². The number of carbonyl (C=O) groups is 3. The van der Waals surface area contributed by atoms with Gasteiger partial charge in [0.15, 0.2) is 5.78 Å². The van der Waals surface area contributed by atoms with Crippen LogP contribution in [0.25, 0.3) is 0 Å². The van der Waals surface area contributed by atoms with Crippen molar-refractivity contribution in [1.29, 1.82) is 0 Å². The molecule has 0 fully saturated rings. The summed E-state index contributed by atoms with van der Waals surface area (Å²) in [5.74, 6) is -0.852. The van der Waals surface area contributed by atoms with Gasteiger partial charge in [0.25, 0.3) is 0 Å². The fourth-order valence-electron chi connectivity index (χ4n) is 3.26. The number of carbonyl (C=O) groups excluding carboxylic acids is 3. The van der Waals surface area contributed by atoms with E-state index >= 15 is 0 Å². The second kappa shape index (κ2) is 19.1. The summed E-state index contributed by atoms with van der Waals surface area (Å²) >= 11 is 0. The smallest absolute Gasteiger partial charge is 0.313 e. The fraction of sp³-hybridized carbons (Fsp3) is 0.870. The van der Waals surface area contributed by atoms with Gasteiger partial charge in [-0.25, -0.2) is 0 Å². The van der Waals surface area contributed by atoms with Crippen LogP contribution >= 0.6 is 0 Å². The lowest BCUT2D eigenvalue weighted by atomic mass is 10.0. The van der Waals surface area contributed by atoms with Crippen molar-refractivity contribution >= 4 is 17.5 Å². The summed E-state index contributed by atoms with van der Waals surface area (Å²) in [7, 11) is 1.55. The van der Waals surface area contributed by atoms with E-state index in [1.54, 1.807) is 7.11 Å². The third kappa shape index (κ3) is 16.9. The van der Waals surface area contributed by atoms with Crippen molar-refractivity contribution in [1.82, 2.24) is 0 Å². The molecule has 0 bridgehead atoms. The molecule has 5 nitrogen and oxygen atoms in total. The van der Waals surface area contributed by atoms with E-state index in [1.807, 2.05) is 0 Å². The molecule has 0 heterocycles. The Kier molecular flexibility index (Phi) is 18.3. The Balaban J connectivity index is 3.60. The zero-order chi connectivity index (χ0) is 21.0. The molecule has 0 spiro atoms. The lowest BCUT2D eigenvalue weighted by molar-refractivity contribution is -0.146. The van der Waals surface area contributed by atoms with Crippen LogP contribution in [-0.4, -0.2) is 37.4 Å². The second-order valence-corrected chi connectivity index (χ2v) is 7.72. The van der Waals surface area contributed by atoms with E-state index in [1.165, 1.54) is 71.1 Å². The van der Waals surface area contributed by atoms with Crippen molar-refractivity contribution in [3.63, 3.8) is 0 Å². The van der Waals surface area contributed by atoms with Gasteiger partial charge in [-0.1, -0.05) is 84.0 Å². The van der Waals surface area contributed by atoms with Gasteiger partial charge in [0.05, 0.1) is 6.61 Å². The predicted molar refractivity (Wildman–Crippen MR) is 112 cm³/mol. The van der Waals surface area contributed by atoms with Gasteiger partial charge in [-0.3, -0.25) is 14.4 Å². The minimum Gasteiger partial charge on any atom is -0.465 e. The summed E-state index contributed by atoms with van der Waals surface area (Å²) in [6.45, 7) is 3.60. The number of hydrogen-bond acceptors (Lipinski definition) is 5. The molecule has 0 aliphatic carbocycles. The number of methoxy groups -OCH3 is 1. The molecule has 0 aromatic carbocycles.